The number of rotatable bonds is 5. The fraction of sp³-hybridized carbons (Fsp3) is 0.692. The van der Waals surface area contributed by atoms with Crippen molar-refractivity contribution in [1.29, 1.82) is 0 Å². The third-order valence-corrected chi connectivity index (χ3v) is 3.83. The summed E-state index contributed by atoms with van der Waals surface area (Å²) in [5, 5.41) is 6.26. The maximum Gasteiger partial charge on any atom is 0.237 e. The highest BCUT2D eigenvalue weighted by atomic mass is 16.2. The second kappa shape index (κ2) is 5.10. The Morgan fingerprint density at radius 1 is 1.50 bits per heavy atom. The number of carbonyl (C=O) groups excluding carboxylic acids is 1. The standard InChI is InChI=1S/C13H20N4O/c18-13(14-5-1-2-9-3-4-9)11-6-10-12(7-15-11)17-8-16-10/h8-9,11,15H,1-7H2,(H,14,18)(H,16,17). The molecule has 2 heterocycles. The third-order valence-electron chi connectivity index (χ3n) is 3.83. The second-order valence-electron chi connectivity index (χ2n) is 5.34. The van der Waals surface area contributed by atoms with Crippen molar-refractivity contribution in [2.45, 2.75) is 44.7 Å². The van der Waals surface area contributed by atoms with Crippen LogP contribution in [0.1, 0.15) is 37.1 Å². The molecule has 1 amide bonds. The molecule has 1 fully saturated rings. The van der Waals surface area contributed by atoms with Gasteiger partial charge in [0.25, 0.3) is 0 Å². The van der Waals surface area contributed by atoms with E-state index in [9.17, 15) is 4.79 Å². The Morgan fingerprint density at radius 2 is 2.39 bits per heavy atom. The Hall–Kier alpha value is -1.36. The van der Waals surface area contributed by atoms with Gasteiger partial charge in [0.15, 0.2) is 0 Å². The highest BCUT2D eigenvalue weighted by Gasteiger charge is 2.25. The highest BCUT2D eigenvalue weighted by molar-refractivity contribution is 5.82. The van der Waals surface area contributed by atoms with Crippen molar-refractivity contribution in [2.75, 3.05) is 6.54 Å². The molecule has 0 bridgehead atoms. The summed E-state index contributed by atoms with van der Waals surface area (Å²) in [5.74, 6) is 1.06. The molecule has 1 aromatic rings. The van der Waals surface area contributed by atoms with Crippen LogP contribution in [0.25, 0.3) is 0 Å². The maximum atomic E-state index is 12.0. The average Bonchev–Trinajstić information content (AvgIpc) is 3.09. The molecule has 1 aliphatic heterocycles. The maximum absolute atomic E-state index is 12.0. The number of H-pyrrole nitrogens is 1. The van der Waals surface area contributed by atoms with Crippen molar-refractivity contribution < 1.29 is 4.79 Å². The first-order valence-corrected chi connectivity index (χ1v) is 6.85. The van der Waals surface area contributed by atoms with Crippen molar-refractivity contribution in [3.63, 3.8) is 0 Å². The van der Waals surface area contributed by atoms with E-state index in [1.54, 1.807) is 6.33 Å². The van der Waals surface area contributed by atoms with Crippen molar-refractivity contribution in [1.82, 2.24) is 20.6 Å². The lowest BCUT2D eigenvalue weighted by atomic mass is 10.0. The highest BCUT2D eigenvalue weighted by Crippen LogP contribution is 2.33. The number of nitrogens with zero attached hydrogens (tertiary/aromatic N) is 1. The van der Waals surface area contributed by atoms with E-state index in [-0.39, 0.29) is 11.9 Å². The minimum atomic E-state index is -0.123. The van der Waals surface area contributed by atoms with E-state index in [4.69, 9.17) is 0 Å². The first-order valence-electron chi connectivity index (χ1n) is 6.85. The Kier molecular flexibility index (Phi) is 3.32. The van der Waals surface area contributed by atoms with Crippen LogP contribution in [0, 0.1) is 5.92 Å². The molecule has 3 N–H and O–H groups in total. The van der Waals surface area contributed by atoms with Crippen molar-refractivity contribution in [3.05, 3.63) is 17.7 Å². The minimum Gasteiger partial charge on any atom is -0.355 e. The van der Waals surface area contributed by atoms with Crippen molar-refractivity contribution >= 4 is 5.91 Å². The van der Waals surface area contributed by atoms with E-state index in [1.807, 2.05) is 0 Å². The van der Waals surface area contributed by atoms with Gasteiger partial charge >= 0.3 is 0 Å². The molecule has 5 heteroatoms. The fourth-order valence-electron chi connectivity index (χ4n) is 2.49. The number of fused-ring (bicyclic) bond motifs is 1. The van der Waals surface area contributed by atoms with Gasteiger partial charge in [-0.3, -0.25) is 10.1 Å². The second-order valence-corrected chi connectivity index (χ2v) is 5.34. The first-order chi connectivity index (χ1) is 8.83. The molecule has 98 valence electrons. The van der Waals surface area contributed by atoms with Gasteiger partial charge in [-0.15, -0.1) is 0 Å². The van der Waals surface area contributed by atoms with Crippen LogP contribution in [0.3, 0.4) is 0 Å². The lowest BCUT2D eigenvalue weighted by Crippen LogP contribution is -2.47. The topological polar surface area (TPSA) is 69.8 Å². The van der Waals surface area contributed by atoms with Gasteiger partial charge in [-0.2, -0.15) is 0 Å². The van der Waals surface area contributed by atoms with Crippen LogP contribution in [-0.4, -0.2) is 28.5 Å². The molecule has 5 nitrogen and oxygen atoms in total. The van der Waals surface area contributed by atoms with E-state index >= 15 is 0 Å². The lowest BCUT2D eigenvalue weighted by molar-refractivity contribution is -0.123. The third kappa shape index (κ3) is 2.72. The molecule has 2 aliphatic rings. The van der Waals surface area contributed by atoms with Gasteiger partial charge in [0.2, 0.25) is 5.91 Å². The molecule has 1 saturated carbocycles. The Balaban J connectivity index is 1.42. The van der Waals surface area contributed by atoms with Gasteiger partial charge < -0.3 is 10.3 Å². The monoisotopic (exact) mass is 248 g/mol. The molecule has 18 heavy (non-hydrogen) atoms. The summed E-state index contributed by atoms with van der Waals surface area (Å²) >= 11 is 0. The fourth-order valence-corrected chi connectivity index (χ4v) is 2.49. The van der Waals surface area contributed by atoms with Crippen LogP contribution < -0.4 is 10.6 Å². The summed E-state index contributed by atoms with van der Waals surface area (Å²) in [7, 11) is 0. The molecule has 0 radical (unpaired) electrons. The number of nitrogens with one attached hydrogen (secondary N) is 3. The quantitative estimate of drug-likeness (QED) is 0.673. The van der Waals surface area contributed by atoms with Gasteiger partial charge in [0.05, 0.1) is 23.8 Å². The average molecular weight is 248 g/mol. The zero-order valence-electron chi connectivity index (χ0n) is 10.5. The summed E-state index contributed by atoms with van der Waals surface area (Å²) in [5.41, 5.74) is 2.12. The van der Waals surface area contributed by atoms with Crippen molar-refractivity contribution in [3.8, 4) is 0 Å². The van der Waals surface area contributed by atoms with Gasteiger partial charge in [0.1, 0.15) is 0 Å². The molecule has 0 spiro atoms. The largest absolute Gasteiger partial charge is 0.355 e. The lowest BCUT2D eigenvalue weighted by Gasteiger charge is -2.22. The smallest absolute Gasteiger partial charge is 0.237 e. The Labute approximate surface area is 107 Å². The Morgan fingerprint density at radius 3 is 3.22 bits per heavy atom. The predicted octanol–water partition coefficient (Wildman–Crippen LogP) is 0.730. The zero-order chi connectivity index (χ0) is 12.4. The summed E-state index contributed by atoms with van der Waals surface area (Å²) in [6.07, 6.45) is 7.54. The van der Waals surface area contributed by atoms with E-state index < -0.39 is 0 Å². The minimum absolute atomic E-state index is 0.111. The number of carbonyl (C=O) groups is 1. The first kappa shape index (κ1) is 11.7. The summed E-state index contributed by atoms with van der Waals surface area (Å²) < 4.78 is 0. The van der Waals surface area contributed by atoms with E-state index in [2.05, 4.69) is 20.6 Å². The summed E-state index contributed by atoms with van der Waals surface area (Å²) in [4.78, 5) is 19.3. The molecule has 0 saturated heterocycles. The zero-order valence-corrected chi connectivity index (χ0v) is 10.5. The SMILES string of the molecule is O=C(NCCCC1CC1)C1Cc2nc[nH]c2CN1. The van der Waals surface area contributed by atoms with Crippen LogP contribution in [0.4, 0.5) is 0 Å². The number of hydrogen-bond donors (Lipinski definition) is 3. The van der Waals surface area contributed by atoms with Gasteiger partial charge in [-0.1, -0.05) is 12.8 Å². The number of aromatic nitrogens is 2. The molecular formula is C13H20N4O. The normalized spacial score (nSPS) is 22.6. The van der Waals surface area contributed by atoms with Crippen LogP contribution >= 0.6 is 0 Å². The molecule has 1 aromatic heterocycles. The van der Waals surface area contributed by atoms with Gasteiger partial charge in [-0.25, -0.2) is 4.98 Å². The molecule has 1 atom stereocenters. The van der Waals surface area contributed by atoms with E-state index in [0.29, 0.717) is 13.0 Å². The van der Waals surface area contributed by atoms with E-state index in [1.165, 1.54) is 19.3 Å². The molecule has 1 unspecified atom stereocenters. The van der Waals surface area contributed by atoms with Gasteiger partial charge in [0, 0.05) is 19.5 Å². The molecule has 1 aliphatic carbocycles. The van der Waals surface area contributed by atoms with Crippen LogP contribution in [0.2, 0.25) is 0 Å². The van der Waals surface area contributed by atoms with Crippen molar-refractivity contribution in [2.24, 2.45) is 5.92 Å². The number of imidazole rings is 1. The van der Waals surface area contributed by atoms with Crippen LogP contribution in [0.5, 0.6) is 0 Å². The number of hydrogen-bond acceptors (Lipinski definition) is 3. The van der Waals surface area contributed by atoms with E-state index in [0.717, 1.165) is 30.3 Å². The summed E-state index contributed by atoms with van der Waals surface area (Å²) in [6, 6.07) is -0.123. The summed E-state index contributed by atoms with van der Waals surface area (Å²) in [6.45, 7) is 1.51. The predicted molar refractivity (Wildman–Crippen MR) is 67.9 cm³/mol. The molecular weight excluding hydrogens is 228 g/mol. The Bertz CT molecular complexity index is 424. The molecule has 0 aromatic carbocycles. The van der Waals surface area contributed by atoms with Crippen LogP contribution in [0.15, 0.2) is 6.33 Å². The molecule has 3 rings (SSSR count). The number of amides is 1. The van der Waals surface area contributed by atoms with Gasteiger partial charge in [-0.05, 0) is 18.8 Å². The van der Waals surface area contributed by atoms with Crippen LogP contribution in [-0.2, 0) is 17.8 Å². The number of aromatic amines is 1.